The lowest BCUT2D eigenvalue weighted by Crippen LogP contribution is -2.01. The number of para-hydroxylation sites is 1. The van der Waals surface area contributed by atoms with Gasteiger partial charge in [-0.05, 0) is 30.4 Å². The largest absolute Gasteiger partial charge is 0.341 e. The minimum Gasteiger partial charge on any atom is -0.341 e. The maximum absolute atomic E-state index is 4.75. The Balaban J connectivity index is 2.10. The van der Waals surface area contributed by atoms with Gasteiger partial charge in [0.25, 0.3) is 0 Å². The lowest BCUT2D eigenvalue weighted by atomic mass is 10.1. The number of nitrogens with zero attached hydrogens (tertiary/aromatic N) is 3. The molecule has 0 aliphatic carbocycles. The van der Waals surface area contributed by atoms with Crippen molar-refractivity contribution < 1.29 is 4.63 Å². The molecule has 4 heteroatoms. The molecule has 18 heavy (non-hydrogen) atoms. The first-order chi connectivity index (χ1) is 8.79. The fourth-order valence-corrected chi connectivity index (χ4v) is 2.31. The zero-order valence-electron chi connectivity index (χ0n) is 10.6. The predicted molar refractivity (Wildman–Crippen MR) is 69.5 cm³/mol. The van der Waals surface area contributed by atoms with Crippen molar-refractivity contribution >= 4 is 10.9 Å². The van der Waals surface area contributed by atoms with Crippen LogP contribution in [0.4, 0.5) is 0 Å². The molecular formula is C14H15N3O. The van der Waals surface area contributed by atoms with Crippen LogP contribution in [0.1, 0.15) is 23.9 Å². The highest BCUT2D eigenvalue weighted by molar-refractivity contribution is 5.83. The highest BCUT2D eigenvalue weighted by atomic mass is 16.6. The quantitative estimate of drug-likeness (QED) is 0.708. The van der Waals surface area contributed by atoms with Crippen LogP contribution in [0.5, 0.6) is 0 Å². The van der Waals surface area contributed by atoms with E-state index in [1.807, 2.05) is 6.92 Å². The van der Waals surface area contributed by atoms with E-state index in [0.717, 1.165) is 17.8 Å². The first-order valence-electron chi connectivity index (χ1n) is 6.14. The summed E-state index contributed by atoms with van der Waals surface area (Å²) in [5.41, 5.74) is 4.37. The number of aromatic nitrogens is 3. The van der Waals surface area contributed by atoms with Crippen molar-refractivity contribution in [3.8, 4) is 0 Å². The summed E-state index contributed by atoms with van der Waals surface area (Å²) in [5, 5.41) is 9.03. The number of hydrogen-bond donors (Lipinski definition) is 0. The third-order valence-corrected chi connectivity index (χ3v) is 3.32. The van der Waals surface area contributed by atoms with Crippen molar-refractivity contribution in [2.75, 3.05) is 0 Å². The molecule has 1 aromatic carbocycles. The summed E-state index contributed by atoms with van der Waals surface area (Å²) in [5.74, 6) is 0. The van der Waals surface area contributed by atoms with Gasteiger partial charge in [0.05, 0.1) is 12.1 Å². The van der Waals surface area contributed by atoms with Gasteiger partial charge in [-0.25, -0.2) is 4.63 Å². The molecule has 0 aliphatic heterocycles. The molecule has 92 valence electrons. The maximum Gasteiger partial charge on any atom is 0.127 e. The van der Waals surface area contributed by atoms with Crippen LogP contribution in [0, 0.1) is 6.92 Å². The summed E-state index contributed by atoms with van der Waals surface area (Å²) in [4.78, 5) is 0. The van der Waals surface area contributed by atoms with Gasteiger partial charge in [0.2, 0.25) is 0 Å². The minimum absolute atomic E-state index is 0.704. The molecule has 0 N–H and O–H groups in total. The number of rotatable bonds is 3. The topological polar surface area (TPSA) is 43.9 Å². The third kappa shape index (κ3) is 1.70. The van der Waals surface area contributed by atoms with Crippen LogP contribution in [-0.4, -0.2) is 14.9 Å². The normalized spacial score (nSPS) is 11.2. The van der Waals surface area contributed by atoms with E-state index in [1.54, 1.807) is 0 Å². The van der Waals surface area contributed by atoms with Gasteiger partial charge in [0, 0.05) is 6.20 Å². The number of hydrogen-bond acceptors (Lipinski definition) is 3. The first-order valence-corrected chi connectivity index (χ1v) is 6.14. The SMILES string of the molecule is CCc1cccc2ccn(Cc3nonc3C)c12. The van der Waals surface area contributed by atoms with Crippen molar-refractivity contribution in [2.45, 2.75) is 26.8 Å². The summed E-state index contributed by atoms with van der Waals surface area (Å²) in [7, 11) is 0. The predicted octanol–water partition coefficient (Wildman–Crippen LogP) is 2.94. The van der Waals surface area contributed by atoms with Gasteiger partial charge in [0.1, 0.15) is 11.4 Å². The molecule has 0 radical (unpaired) electrons. The van der Waals surface area contributed by atoms with E-state index in [-0.39, 0.29) is 0 Å². The molecular weight excluding hydrogens is 226 g/mol. The summed E-state index contributed by atoms with van der Waals surface area (Å²) in [6, 6.07) is 8.55. The van der Waals surface area contributed by atoms with Gasteiger partial charge in [-0.3, -0.25) is 0 Å². The third-order valence-electron chi connectivity index (χ3n) is 3.32. The van der Waals surface area contributed by atoms with Gasteiger partial charge in [-0.2, -0.15) is 0 Å². The number of benzene rings is 1. The van der Waals surface area contributed by atoms with Gasteiger partial charge < -0.3 is 4.57 Å². The summed E-state index contributed by atoms with van der Waals surface area (Å²) < 4.78 is 6.96. The van der Waals surface area contributed by atoms with Crippen LogP contribution in [-0.2, 0) is 13.0 Å². The van der Waals surface area contributed by atoms with Gasteiger partial charge in [-0.1, -0.05) is 35.4 Å². The molecule has 0 atom stereocenters. The van der Waals surface area contributed by atoms with Gasteiger partial charge in [-0.15, -0.1) is 0 Å². The van der Waals surface area contributed by atoms with E-state index in [1.165, 1.54) is 16.5 Å². The van der Waals surface area contributed by atoms with Crippen LogP contribution in [0.2, 0.25) is 0 Å². The van der Waals surface area contributed by atoms with Crippen molar-refractivity contribution in [3.63, 3.8) is 0 Å². The fraction of sp³-hybridized carbons (Fsp3) is 0.286. The zero-order chi connectivity index (χ0) is 12.5. The van der Waals surface area contributed by atoms with Gasteiger partial charge in [0.15, 0.2) is 0 Å². The Labute approximate surface area is 105 Å². The van der Waals surface area contributed by atoms with Crippen molar-refractivity contribution in [1.82, 2.24) is 14.9 Å². The van der Waals surface area contributed by atoms with E-state index >= 15 is 0 Å². The van der Waals surface area contributed by atoms with Crippen molar-refractivity contribution in [2.24, 2.45) is 0 Å². The molecule has 0 amide bonds. The second kappa shape index (κ2) is 4.29. The van der Waals surface area contributed by atoms with E-state index in [9.17, 15) is 0 Å². The second-order valence-electron chi connectivity index (χ2n) is 4.45. The summed E-state index contributed by atoms with van der Waals surface area (Å²) in [6.07, 6.45) is 3.12. The Bertz CT molecular complexity index is 681. The average molecular weight is 241 g/mol. The molecule has 3 aromatic rings. The van der Waals surface area contributed by atoms with Crippen LogP contribution in [0.25, 0.3) is 10.9 Å². The molecule has 0 saturated carbocycles. The molecule has 0 bridgehead atoms. The fourth-order valence-electron chi connectivity index (χ4n) is 2.31. The molecule has 0 spiro atoms. The van der Waals surface area contributed by atoms with Crippen LogP contribution >= 0.6 is 0 Å². The van der Waals surface area contributed by atoms with Gasteiger partial charge >= 0.3 is 0 Å². The number of fused-ring (bicyclic) bond motifs is 1. The summed E-state index contributed by atoms with van der Waals surface area (Å²) in [6.45, 7) is 4.79. The van der Waals surface area contributed by atoms with E-state index in [2.05, 4.69) is 52.3 Å². The molecule has 2 heterocycles. The van der Waals surface area contributed by atoms with Crippen LogP contribution < -0.4 is 0 Å². The van der Waals surface area contributed by atoms with E-state index in [4.69, 9.17) is 4.63 Å². The molecule has 0 fully saturated rings. The van der Waals surface area contributed by atoms with E-state index < -0.39 is 0 Å². The molecule has 0 unspecified atom stereocenters. The standard InChI is InChI=1S/C14H15N3O/c1-3-11-5-4-6-12-7-8-17(14(11)12)9-13-10(2)15-18-16-13/h4-8H,3,9H2,1-2H3. The Morgan fingerprint density at radius 1 is 1.22 bits per heavy atom. The van der Waals surface area contributed by atoms with E-state index in [0.29, 0.717) is 6.54 Å². The lowest BCUT2D eigenvalue weighted by Gasteiger charge is -2.07. The molecule has 0 aliphatic rings. The van der Waals surface area contributed by atoms with Crippen LogP contribution in [0.15, 0.2) is 35.1 Å². The highest BCUT2D eigenvalue weighted by Gasteiger charge is 2.10. The Morgan fingerprint density at radius 2 is 2.11 bits per heavy atom. The lowest BCUT2D eigenvalue weighted by molar-refractivity contribution is 0.300. The maximum atomic E-state index is 4.75. The molecule has 2 aromatic heterocycles. The average Bonchev–Trinajstić information content (AvgIpc) is 2.97. The van der Waals surface area contributed by atoms with Crippen LogP contribution in [0.3, 0.4) is 0 Å². The zero-order valence-corrected chi connectivity index (χ0v) is 10.6. The number of aryl methyl sites for hydroxylation is 2. The minimum atomic E-state index is 0.704. The molecule has 0 saturated heterocycles. The monoisotopic (exact) mass is 241 g/mol. The smallest absolute Gasteiger partial charge is 0.127 e. The Kier molecular flexibility index (Phi) is 2.63. The first kappa shape index (κ1) is 11.0. The Hall–Kier alpha value is -2.10. The molecule has 3 rings (SSSR count). The molecule has 4 nitrogen and oxygen atoms in total. The van der Waals surface area contributed by atoms with Crippen molar-refractivity contribution in [3.05, 3.63) is 47.4 Å². The van der Waals surface area contributed by atoms with Crippen molar-refractivity contribution in [1.29, 1.82) is 0 Å². The Morgan fingerprint density at radius 3 is 2.83 bits per heavy atom. The second-order valence-corrected chi connectivity index (χ2v) is 4.45. The highest BCUT2D eigenvalue weighted by Crippen LogP contribution is 2.22. The summed E-state index contributed by atoms with van der Waals surface area (Å²) >= 11 is 0.